The number of allylic oxidation sites excluding steroid dienone is 3. The third-order valence-corrected chi connectivity index (χ3v) is 16.4. The molecule has 0 saturated heterocycles. The van der Waals surface area contributed by atoms with Crippen LogP contribution in [0.3, 0.4) is 0 Å². The lowest BCUT2D eigenvalue weighted by Gasteiger charge is -2.56. The Hall–Kier alpha value is -2.23. The van der Waals surface area contributed by atoms with Gasteiger partial charge in [-0.25, -0.2) is 0 Å². The molecule has 0 unspecified atom stereocenters. The average Bonchev–Trinajstić information content (AvgIpc) is 3.29. The molecule has 3 fully saturated rings. The molecule has 0 aromatic heterocycles. The van der Waals surface area contributed by atoms with Crippen LogP contribution in [0.25, 0.3) is 0 Å². The molecule has 0 heterocycles. The number of carbonyl (C=O) groups excluding carboxylic acids is 1. The van der Waals surface area contributed by atoms with Gasteiger partial charge >= 0.3 is 0 Å². The van der Waals surface area contributed by atoms with E-state index in [-0.39, 0.29) is 21.3 Å². The van der Waals surface area contributed by atoms with Crippen molar-refractivity contribution in [2.45, 2.75) is 78.2 Å². The summed E-state index contributed by atoms with van der Waals surface area (Å²) in [6.07, 6.45) is 11.0. The van der Waals surface area contributed by atoms with Gasteiger partial charge in [0.2, 0.25) is 0 Å². The van der Waals surface area contributed by atoms with E-state index in [1.165, 1.54) is 28.8 Å². The summed E-state index contributed by atoms with van der Waals surface area (Å²) in [7, 11) is -2.67. The number of fused-ring (bicyclic) bond motifs is 2. The third-order valence-electron chi connectivity index (χ3n) is 11.4. The molecule has 4 aliphatic rings. The van der Waals surface area contributed by atoms with Gasteiger partial charge in [0, 0.05) is 18.4 Å². The van der Waals surface area contributed by atoms with Crippen molar-refractivity contribution in [2.24, 2.45) is 34.0 Å². The first-order chi connectivity index (χ1) is 18.5. The molecule has 2 nitrogen and oxygen atoms in total. The van der Waals surface area contributed by atoms with Crippen molar-refractivity contribution in [3.63, 3.8) is 0 Å². The lowest BCUT2D eigenvalue weighted by Crippen LogP contribution is -2.67. The summed E-state index contributed by atoms with van der Waals surface area (Å²) in [5, 5.41) is 2.60. The monoisotopic (exact) mass is 538 g/mol. The first-order valence-corrected chi connectivity index (χ1v) is 17.0. The van der Waals surface area contributed by atoms with Crippen LogP contribution < -0.4 is 10.4 Å². The van der Waals surface area contributed by atoms with Crippen LogP contribution >= 0.6 is 0 Å². The number of rotatable bonds is 5. The predicted molar refractivity (Wildman–Crippen MR) is 164 cm³/mol. The van der Waals surface area contributed by atoms with Gasteiger partial charge in [-0.05, 0) is 69.7 Å². The van der Waals surface area contributed by atoms with Crippen LogP contribution in [-0.2, 0) is 9.22 Å². The van der Waals surface area contributed by atoms with E-state index in [2.05, 4.69) is 114 Å². The molecule has 6 rings (SSSR count). The van der Waals surface area contributed by atoms with Gasteiger partial charge in [-0.2, -0.15) is 0 Å². The Morgan fingerprint density at radius 3 is 2.13 bits per heavy atom. The number of hydrogen-bond donors (Lipinski definition) is 0. The smallest absolute Gasteiger partial charge is 0.261 e. The molecule has 0 radical (unpaired) electrons. The van der Waals surface area contributed by atoms with E-state index in [9.17, 15) is 4.79 Å². The number of ketones is 1. The lowest BCUT2D eigenvalue weighted by atomic mass is 9.50. The SMILES string of the molecule is C=C1C[C@]23C[C@H]1C=C[C@H]2[C@@]1(CCCC(C)(C)[C@H]1CO[Si](c1ccccc1)(c1ccccc1)C(C)(C)C)CC3=O. The molecule has 2 spiro atoms. The van der Waals surface area contributed by atoms with Crippen LogP contribution in [0.2, 0.25) is 5.04 Å². The second kappa shape index (κ2) is 9.14. The highest BCUT2D eigenvalue weighted by atomic mass is 28.4. The Balaban J connectivity index is 1.46. The Morgan fingerprint density at radius 1 is 0.923 bits per heavy atom. The lowest BCUT2D eigenvalue weighted by molar-refractivity contribution is -0.126. The van der Waals surface area contributed by atoms with Gasteiger partial charge in [-0.1, -0.05) is 126 Å². The molecule has 5 atom stereocenters. The molecule has 2 aromatic rings. The molecule has 3 heteroatoms. The number of Topliss-reactive ketones (excluding diaryl/α,β-unsaturated/α-hetero) is 1. The zero-order chi connectivity index (χ0) is 27.7. The van der Waals surface area contributed by atoms with Gasteiger partial charge in [0.05, 0.1) is 0 Å². The zero-order valence-electron chi connectivity index (χ0n) is 24.6. The number of carbonyl (C=O) groups is 1. The number of benzene rings is 2. The summed E-state index contributed by atoms with van der Waals surface area (Å²) in [5.41, 5.74) is 1.13. The second-order valence-electron chi connectivity index (χ2n) is 14.9. The first kappa shape index (κ1) is 27.0. The maximum atomic E-state index is 14.1. The second-order valence-corrected chi connectivity index (χ2v) is 19.2. The first-order valence-electron chi connectivity index (χ1n) is 15.1. The van der Waals surface area contributed by atoms with Gasteiger partial charge in [-0.3, -0.25) is 4.79 Å². The van der Waals surface area contributed by atoms with Crippen LogP contribution in [0.5, 0.6) is 0 Å². The van der Waals surface area contributed by atoms with Crippen molar-refractivity contribution in [3.05, 3.63) is 85.0 Å². The van der Waals surface area contributed by atoms with Gasteiger partial charge in [0.25, 0.3) is 8.32 Å². The van der Waals surface area contributed by atoms with Gasteiger partial charge in [0.1, 0.15) is 5.78 Å². The van der Waals surface area contributed by atoms with Gasteiger partial charge < -0.3 is 4.43 Å². The fourth-order valence-corrected chi connectivity index (χ4v) is 14.2. The molecular weight excluding hydrogens is 492 g/mol. The molecule has 0 amide bonds. The van der Waals surface area contributed by atoms with Crippen molar-refractivity contribution in [3.8, 4) is 0 Å². The molecular formula is C36H46O2Si. The summed E-state index contributed by atoms with van der Waals surface area (Å²) >= 11 is 0. The van der Waals surface area contributed by atoms with Crippen LogP contribution in [0.1, 0.15) is 73.1 Å². The Morgan fingerprint density at radius 2 is 1.54 bits per heavy atom. The van der Waals surface area contributed by atoms with E-state index in [1.807, 2.05) is 0 Å². The standard InChI is InChI=1S/C36H46O2Si/c1-26-22-36-23-27(26)18-19-30(36)35(24-32(36)37)21-13-20-34(5,6)31(35)25-38-39(33(2,3)4,28-14-9-7-10-15-28)29-16-11-8-12-17-29/h7-12,14-19,27,30-31H,1,13,20-25H2,2-6H3/t27-,30+,31-,35-,36+/m1/s1. The highest BCUT2D eigenvalue weighted by molar-refractivity contribution is 6.99. The summed E-state index contributed by atoms with van der Waals surface area (Å²) in [4.78, 5) is 14.1. The maximum Gasteiger partial charge on any atom is 0.261 e. The van der Waals surface area contributed by atoms with E-state index in [4.69, 9.17) is 4.43 Å². The highest BCUT2D eigenvalue weighted by Gasteiger charge is 2.69. The minimum absolute atomic E-state index is 0.0314. The van der Waals surface area contributed by atoms with Crippen molar-refractivity contribution in [2.75, 3.05) is 6.61 Å². The van der Waals surface area contributed by atoms with Crippen LogP contribution in [0.4, 0.5) is 0 Å². The van der Waals surface area contributed by atoms with Crippen molar-refractivity contribution >= 4 is 24.5 Å². The van der Waals surface area contributed by atoms with Crippen LogP contribution in [0, 0.1) is 34.0 Å². The molecule has 3 saturated carbocycles. The van der Waals surface area contributed by atoms with Gasteiger partial charge in [0.15, 0.2) is 0 Å². The Bertz CT molecular complexity index is 1250. The van der Waals surface area contributed by atoms with Gasteiger partial charge in [-0.15, -0.1) is 0 Å². The van der Waals surface area contributed by atoms with E-state index >= 15 is 0 Å². The van der Waals surface area contributed by atoms with E-state index in [0.717, 1.165) is 19.3 Å². The highest BCUT2D eigenvalue weighted by Crippen LogP contribution is 2.71. The quantitative estimate of drug-likeness (QED) is 0.291. The number of hydrogen-bond acceptors (Lipinski definition) is 2. The summed E-state index contributed by atoms with van der Waals surface area (Å²) in [6, 6.07) is 22.0. The van der Waals surface area contributed by atoms with Crippen LogP contribution in [-0.4, -0.2) is 20.7 Å². The Kier molecular flexibility index (Phi) is 6.32. The summed E-state index contributed by atoms with van der Waals surface area (Å²) in [6.45, 7) is 17.1. The molecule has 2 bridgehead atoms. The largest absolute Gasteiger partial charge is 0.407 e. The molecule has 2 aromatic carbocycles. The average molecular weight is 539 g/mol. The third kappa shape index (κ3) is 3.86. The Labute approximate surface area is 237 Å². The van der Waals surface area contributed by atoms with E-state index in [1.54, 1.807) is 0 Å². The topological polar surface area (TPSA) is 26.3 Å². The van der Waals surface area contributed by atoms with Crippen molar-refractivity contribution in [1.29, 1.82) is 0 Å². The maximum absolute atomic E-state index is 14.1. The minimum atomic E-state index is -2.67. The fourth-order valence-electron chi connectivity index (χ4n) is 9.67. The van der Waals surface area contributed by atoms with Crippen LogP contribution in [0.15, 0.2) is 85.0 Å². The predicted octanol–water partition coefficient (Wildman–Crippen LogP) is 7.49. The summed E-state index contributed by atoms with van der Waals surface area (Å²) < 4.78 is 7.63. The normalized spacial score (nSPS) is 33.5. The molecule has 0 aliphatic heterocycles. The zero-order valence-corrected chi connectivity index (χ0v) is 25.6. The fraction of sp³-hybridized carbons (Fsp3) is 0.528. The molecule has 4 aliphatic carbocycles. The summed E-state index contributed by atoms with van der Waals surface area (Å²) in [5.74, 6) is 1.53. The molecule has 206 valence electrons. The van der Waals surface area contributed by atoms with E-state index in [0.29, 0.717) is 36.6 Å². The molecule has 0 N–H and O–H groups in total. The molecule has 39 heavy (non-hydrogen) atoms. The van der Waals surface area contributed by atoms with Crippen molar-refractivity contribution < 1.29 is 9.22 Å². The minimum Gasteiger partial charge on any atom is -0.407 e. The van der Waals surface area contributed by atoms with E-state index < -0.39 is 8.32 Å². The van der Waals surface area contributed by atoms with Crippen molar-refractivity contribution in [1.82, 2.24) is 0 Å².